The number of aromatic hydroxyl groups is 1. The third-order valence-electron chi connectivity index (χ3n) is 4.92. The van der Waals surface area contributed by atoms with Crippen molar-refractivity contribution in [3.8, 4) is 29.2 Å². The summed E-state index contributed by atoms with van der Waals surface area (Å²) in [7, 11) is 2.88. The minimum Gasteiger partial charge on any atom is -0.493 e. The summed E-state index contributed by atoms with van der Waals surface area (Å²) in [5.41, 5.74) is -0.901. The Balaban J connectivity index is 2.23. The van der Waals surface area contributed by atoms with E-state index in [1.165, 1.54) is 26.4 Å². The molecule has 172 valence electrons. The van der Waals surface area contributed by atoms with Crippen LogP contribution >= 0.6 is 0 Å². The minimum absolute atomic E-state index is 0.000958. The molecule has 3 rings (SSSR count). The van der Waals surface area contributed by atoms with Crippen LogP contribution in [0.25, 0.3) is 10.8 Å². The van der Waals surface area contributed by atoms with Crippen molar-refractivity contribution in [1.82, 2.24) is 10.0 Å². The zero-order valence-electron chi connectivity index (χ0n) is 19.2. The summed E-state index contributed by atoms with van der Waals surface area (Å²) in [6.45, 7) is 5.12. The topological polar surface area (TPSA) is 99.0 Å². The van der Waals surface area contributed by atoms with Gasteiger partial charge in [0.05, 0.1) is 25.1 Å². The van der Waals surface area contributed by atoms with Crippen LogP contribution in [0.4, 0.5) is 0 Å². The standard InChI is InChI=1S/C25H26N2O6/c1-6-12-25(2,3)26-22(28)21-17-13-19(31-4)20(32-5)14-18(17)23(29)27(24(21)30)33-15-16-10-8-7-9-11-16/h7-11,13-14,30H,15H2,1-5H3,(H,26,28). The molecule has 8 nitrogen and oxygen atoms in total. The van der Waals surface area contributed by atoms with Gasteiger partial charge in [-0.15, -0.1) is 10.7 Å². The zero-order chi connectivity index (χ0) is 24.2. The van der Waals surface area contributed by atoms with E-state index >= 15 is 0 Å². The number of fused-ring (bicyclic) bond motifs is 1. The monoisotopic (exact) mass is 450 g/mol. The lowest BCUT2D eigenvalue weighted by Crippen LogP contribution is -2.43. The molecule has 0 unspecified atom stereocenters. The molecule has 0 saturated carbocycles. The van der Waals surface area contributed by atoms with Gasteiger partial charge in [0.1, 0.15) is 12.2 Å². The van der Waals surface area contributed by atoms with E-state index in [1.807, 2.05) is 30.3 Å². The van der Waals surface area contributed by atoms with Crippen molar-refractivity contribution in [3.05, 3.63) is 63.9 Å². The third-order valence-corrected chi connectivity index (χ3v) is 4.92. The van der Waals surface area contributed by atoms with Crippen molar-refractivity contribution >= 4 is 16.7 Å². The maximum Gasteiger partial charge on any atom is 0.294 e. The van der Waals surface area contributed by atoms with Gasteiger partial charge in [-0.2, -0.15) is 0 Å². The molecule has 0 atom stereocenters. The van der Waals surface area contributed by atoms with Gasteiger partial charge in [0, 0.05) is 5.39 Å². The van der Waals surface area contributed by atoms with Crippen LogP contribution in [0.2, 0.25) is 0 Å². The van der Waals surface area contributed by atoms with Crippen LogP contribution in [0.3, 0.4) is 0 Å². The number of ether oxygens (including phenoxy) is 2. The summed E-state index contributed by atoms with van der Waals surface area (Å²) >= 11 is 0. The van der Waals surface area contributed by atoms with E-state index in [1.54, 1.807) is 20.8 Å². The van der Waals surface area contributed by atoms with Gasteiger partial charge in [-0.3, -0.25) is 9.59 Å². The van der Waals surface area contributed by atoms with Crippen LogP contribution < -0.4 is 25.2 Å². The minimum atomic E-state index is -0.882. The predicted octanol–water partition coefficient (Wildman–Crippen LogP) is 2.88. The number of carbonyl (C=O) groups is 1. The average molecular weight is 450 g/mol. The lowest BCUT2D eigenvalue weighted by Gasteiger charge is -2.22. The van der Waals surface area contributed by atoms with Crippen molar-refractivity contribution in [1.29, 1.82) is 0 Å². The van der Waals surface area contributed by atoms with E-state index in [0.717, 1.165) is 5.56 Å². The molecule has 3 aromatic rings. The first-order chi connectivity index (χ1) is 15.7. The van der Waals surface area contributed by atoms with E-state index in [4.69, 9.17) is 14.3 Å². The Morgan fingerprint density at radius 1 is 1.09 bits per heavy atom. The molecule has 33 heavy (non-hydrogen) atoms. The van der Waals surface area contributed by atoms with Crippen molar-refractivity contribution in [3.63, 3.8) is 0 Å². The van der Waals surface area contributed by atoms with Crippen molar-refractivity contribution in [2.24, 2.45) is 0 Å². The Kier molecular flexibility index (Phi) is 6.83. The highest BCUT2D eigenvalue weighted by molar-refractivity contribution is 6.09. The van der Waals surface area contributed by atoms with E-state index < -0.39 is 22.9 Å². The van der Waals surface area contributed by atoms with Crippen molar-refractivity contribution in [2.45, 2.75) is 32.9 Å². The summed E-state index contributed by atoms with van der Waals surface area (Å²) in [6, 6.07) is 12.1. The fourth-order valence-corrected chi connectivity index (χ4v) is 3.44. The Bertz CT molecular complexity index is 1300. The summed E-state index contributed by atoms with van der Waals surface area (Å²) in [4.78, 5) is 32.1. The number of methoxy groups -OCH3 is 2. The SMILES string of the molecule is CC#CC(C)(C)NC(=O)c1c(O)n(OCc2ccccc2)c(=O)c2cc(OC)c(OC)cc12. The van der Waals surface area contributed by atoms with Gasteiger partial charge in [-0.1, -0.05) is 36.3 Å². The number of carbonyl (C=O) groups excluding carboxylic acids is 1. The second kappa shape index (κ2) is 9.57. The Morgan fingerprint density at radius 3 is 2.27 bits per heavy atom. The van der Waals surface area contributed by atoms with Crippen molar-refractivity contribution in [2.75, 3.05) is 14.2 Å². The molecular formula is C25H26N2O6. The lowest BCUT2D eigenvalue weighted by molar-refractivity contribution is 0.0696. The molecule has 0 aliphatic carbocycles. The Labute approximate surface area is 191 Å². The van der Waals surface area contributed by atoms with E-state index in [9.17, 15) is 14.7 Å². The summed E-state index contributed by atoms with van der Waals surface area (Å²) in [6.07, 6.45) is 0. The zero-order valence-corrected chi connectivity index (χ0v) is 19.2. The fourth-order valence-electron chi connectivity index (χ4n) is 3.44. The number of amides is 1. The highest BCUT2D eigenvalue weighted by Crippen LogP contribution is 2.35. The third kappa shape index (κ3) is 4.88. The van der Waals surface area contributed by atoms with Crippen LogP contribution in [-0.4, -0.2) is 35.5 Å². The first kappa shape index (κ1) is 23.5. The first-order valence-electron chi connectivity index (χ1n) is 10.2. The number of aromatic nitrogens is 1. The number of rotatable bonds is 7. The smallest absolute Gasteiger partial charge is 0.294 e. The van der Waals surface area contributed by atoms with Crippen LogP contribution in [0.1, 0.15) is 36.7 Å². The molecule has 0 aliphatic rings. The quantitative estimate of drug-likeness (QED) is 0.537. The van der Waals surface area contributed by atoms with Gasteiger partial charge in [0.25, 0.3) is 11.5 Å². The van der Waals surface area contributed by atoms with Gasteiger partial charge in [0.15, 0.2) is 11.5 Å². The number of benzene rings is 2. The number of nitrogens with zero attached hydrogens (tertiary/aromatic N) is 1. The molecule has 0 radical (unpaired) electrons. The molecule has 0 spiro atoms. The molecule has 2 N–H and O–H groups in total. The van der Waals surface area contributed by atoms with Gasteiger partial charge >= 0.3 is 0 Å². The second-order valence-electron chi connectivity index (χ2n) is 7.76. The van der Waals surface area contributed by atoms with E-state index in [2.05, 4.69) is 17.2 Å². The highest BCUT2D eigenvalue weighted by atomic mass is 16.7. The maximum absolute atomic E-state index is 13.3. The maximum atomic E-state index is 13.3. The second-order valence-corrected chi connectivity index (χ2v) is 7.76. The average Bonchev–Trinajstić information content (AvgIpc) is 2.78. The largest absolute Gasteiger partial charge is 0.493 e. The normalized spacial score (nSPS) is 10.8. The van der Waals surface area contributed by atoms with Crippen LogP contribution in [0.5, 0.6) is 17.4 Å². The number of pyridine rings is 1. The molecule has 0 saturated heterocycles. The Morgan fingerprint density at radius 2 is 1.70 bits per heavy atom. The van der Waals surface area contributed by atoms with Crippen molar-refractivity contribution < 1.29 is 24.2 Å². The molecule has 0 aliphatic heterocycles. The summed E-state index contributed by atoms with van der Waals surface area (Å²) < 4.78 is 11.4. The van der Waals surface area contributed by atoms with Crippen LogP contribution in [-0.2, 0) is 6.61 Å². The molecule has 2 aromatic carbocycles. The van der Waals surface area contributed by atoms with Gasteiger partial charge in [0.2, 0.25) is 5.88 Å². The van der Waals surface area contributed by atoms with Crippen LogP contribution in [0.15, 0.2) is 47.3 Å². The Hall–Kier alpha value is -4.12. The first-order valence-corrected chi connectivity index (χ1v) is 10.2. The number of hydrogen-bond acceptors (Lipinski definition) is 6. The summed E-state index contributed by atoms with van der Waals surface area (Å²) in [5, 5.41) is 14.1. The molecule has 1 heterocycles. The number of hydrogen-bond donors (Lipinski definition) is 2. The predicted molar refractivity (Wildman–Crippen MR) is 125 cm³/mol. The molecule has 1 aromatic heterocycles. The molecule has 0 bridgehead atoms. The summed E-state index contributed by atoms with van der Waals surface area (Å²) in [5.74, 6) is 5.00. The highest BCUT2D eigenvalue weighted by Gasteiger charge is 2.28. The number of nitrogens with one attached hydrogen (secondary N) is 1. The van der Waals surface area contributed by atoms with E-state index in [-0.39, 0.29) is 22.9 Å². The molecular weight excluding hydrogens is 424 g/mol. The fraction of sp³-hybridized carbons (Fsp3) is 0.280. The van der Waals surface area contributed by atoms with Gasteiger partial charge in [-0.05, 0) is 38.5 Å². The van der Waals surface area contributed by atoms with Crippen LogP contribution in [0, 0.1) is 11.8 Å². The lowest BCUT2D eigenvalue weighted by atomic mass is 10.0. The molecule has 0 fully saturated rings. The van der Waals surface area contributed by atoms with Gasteiger partial charge < -0.3 is 24.7 Å². The molecule has 1 amide bonds. The molecule has 8 heteroatoms. The van der Waals surface area contributed by atoms with E-state index in [0.29, 0.717) is 16.2 Å². The van der Waals surface area contributed by atoms with Gasteiger partial charge in [-0.25, -0.2) is 0 Å².